The maximum Gasteiger partial charge on any atom is 0.128 e. The third-order valence-electron chi connectivity index (χ3n) is 3.64. The van der Waals surface area contributed by atoms with Crippen LogP contribution in [0.25, 0.3) is 6.08 Å². The van der Waals surface area contributed by atoms with Gasteiger partial charge in [-0.25, -0.2) is 0 Å². The van der Waals surface area contributed by atoms with E-state index in [4.69, 9.17) is 4.74 Å². The van der Waals surface area contributed by atoms with E-state index in [-0.39, 0.29) is 0 Å². The largest absolute Gasteiger partial charge is 0.492 e. The van der Waals surface area contributed by atoms with Crippen LogP contribution in [-0.2, 0) is 0 Å². The molecule has 0 saturated carbocycles. The second-order valence-electron chi connectivity index (χ2n) is 4.96. The molecule has 0 aliphatic carbocycles. The summed E-state index contributed by atoms with van der Waals surface area (Å²) < 4.78 is 25.5. The Kier molecular flexibility index (Phi) is 3.54. The number of hydrogen-bond donors (Lipinski definition) is 2. The van der Waals surface area contributed by atoms with Crippen LogP contribution in [0.2, 0.25) is 0 Å². The highest BCUT2D eigenvalue weighted by atomic mass is 32.3. The lowest BCUT2D eigenvalue weighted by molar-refractivity contribution is 0.237. The summed E-state index contributed by atoms with van der Waals surface area (Å²) in [5, 5.41) is 1.46. The van der Waals surface area contributed by atoms with Gasteiger partial charge >= 0.3 is 0 Å². The average Bonchev–Trinajstić information content (AvgIpc) is 2.99. The molecule has 1 fully saturated rings. The smallest absolute Gasteiger partial charge is 0.128 e. The predicted molar refractivity (Wildman–Crippen MR) is 77.8 cm³/mol. The van der Waals surface area contributed by atoms with Crippen molar-refractivity contribution in [3.63, 3.8) is 0 Å². The minimum Gasteiger partial charge on any atom is -0.492 e. The molecule has 1 aromatic rings. The van der Waals surface area contributed by atoms with E-state index in [1.807, 2.05) is 12.1 Å². The first kappa shape index (κ1) is 13.0. The zero-order chi connectivity index (χ0) is 13.3. The molecule has 0 aromatic heterocycles. The van der Waals surface area contributed by atoms with Gasteiger partial charge in [0.05, 0.1) is 4.90 Å². The van der Waals surface area contributed by atoms with Gasteiger partial charge in [-0.15, -0.1) is 10.6 Å². The Morgan fingerprint density at radius 1 is 1.21 bits per heavy atom. The molecule has 104 valence electrons. The molecule has 3 rings (SSSR count). The fraction of sp³-hybridized carbons (Fsp3) is 0.429. The van der Waals surface area contributed by atoms with Crippen LogP contribution in [0.4, 0.5) is 0 Å². The number of fused-ring (bicyclic) bond motifs is 1. The minimum absolute atomic E-state index is 0.575. The van der Waals surface area contributed by atoms with Crippen LogP contribution in [0.15, 0.2) is 28.5 Å². The van der Waals surface area contributed by atoms with E-state index in [1.165, 1.54) is 18.2 Å². The van der Waals surface area contributed by atoms with Crippen molar-refractivity contribution >= 4 is 16.7 Å². The molecule has 1 aromatic carbocycles. The lowest BCUT2D eigenvalue weighted by Crippen LogP contribution is -2.25. The van der Waals surface area contributed by atoms with Gasteiger partial charge in [0, 0.05) is 17.5 Å². The maximum atomic E-state index is 9.86. The van der Waals surface area contributed by atoms with Crippen molar-refractivity contribution < 1.29 is 13.8 Å². The summed E-state index contributed by atoms with van der Waals surface area (Å²) in [6, 6.07) is 5.44. The normalized spacial score (nSPS) is 22.4. The summed E-state index contributed by atoms with van der Waals surface area (Å²) in [7, 11) is -2.74. The summed E-state index contributed by atoms with van der Waals surface area (Å²) >= 11 is 0. The third-order valence-corrected chi connectivity index (χ3v) is 5.16. The zero-order valence-corrected chi connectivity index (χ0v) is 11.6. The summed E-state index contributed by atoms with van der Waals surface area (Å²) in [5.74, 6) is 0.741. The first-order valence-corrected chi connectivity index (χ1v) is 8.22. The molecule has 0 unspecified atom stereocenters. The van der Waals surface area contributed by atoms with Crippen molar-refractivity contribution in [2.24, 2.45) is 0 Å². The van der Waals surface area contributed by atoms with Crippen LogP contribution in [-0.4, -0.2) is 40.2 Å². The standard InChI is InChI=1S/C14H19NO3S/c16-19(17)11-6-12-13(4-3-5-14(12)19)18-10-9-15-7-1-2-8-15/h3-6,11,16-17H,1-2,7-10H2. The van der Waals surface area contributed by atoms with Crippen LogP contribution in [0.5, 0.6) is 5.75 Å². The lowest BCUT2D eigenvalue weighted by Gasteiger charge is -2.25. The van der Waals surface area contributed by atoms with Gasteiger partial charge in [0.15, 0.2) is 0 Å². The molecular formula is C14H19NO3S. The van der Waals surface area contributed by atoms with Crippen molar-refractivity contribution in [3.8, 4) is 5.75 Å². The van der Waals surface area contributed by atoms with Gasteiger partial charge < -0.3 is 4.74 Å². The van der Waals surface area contributed by atoms with E-state index in [9.17, 15) is 9.11 Å². The SMILES string of the molecule is OS1(O)C=Cc2c(OCCN3CCCC3)cccc21. The Hall–Kier alpha value is -1.01. The highest BCUT2D eigenvalue weighted by Crippen LogP contribution is 2.57. The Morgan fingerprint density at radius 3 is 2.79 bits per heavy atom. The molecule has 2 N–H and O–H groups in total. The van der Waals surface area contributed by atoms with E-state index >= 15 is 0 Å². The first-order valence-electron chi connectivity index (χ1n) is 6.61. The van der Waals surface area contributed by atoms with Crippen LogP contribution in [0, 0.1) is 0 Å². The molecule has 19 heavy (non-hydrogen) atoms. The maximum absolute atomic E-state index is 9.86. The molecular weight excluding hydrogens is 262 g/mol. The lowest BCUT2D eigenvalue weighted by atomic mass is 10.2. The molecule has 0 radical (unpaired) electrons. The van der Waals surface area contributed by atoms with Gasteiger partial charge in [0.2, 0.25) is 0 Å². The zero-order valence-electron chi connectivity index (χ0n) is 10.8. The van der Waals surface area contributed by atoms with Gasteiger partial charge in [-0.05, 0) is 44.1 Å². The second-order valence-corrected chi connectivity index (χ2v) is 6.86. The Labute approximate surface area is 115 Å². The van der Waals surface area contributed by atoms with E-state index in [2.05, 4.69) is 4.90 Å². The van der Waals surface area contributed by atoms with Crippen LogP contribution in [0.3, 0.4) is 0 Å². The number of ether oxygens (including phenoxy) is 1. The van der Waals surface area contributed by atoms with Gasteiger partial charge in [-0.2, -0.15) is 0 Å². The number of hydrogen-bond acceptors (Lipinski definition) is 4. The summed E-state index contributed by atoms with van der Waals surface area (Å²) in [6.07, 6.45) is 4.31. The third kappa shape index (κ3) is 2.65. The number of likely N-dealkylation sites (tertiary alicyclic amines) is 1. The first-order chi connectivity index (χ1) is 9.17. The Bertz CT molecular complexity index is 495. The van der Waals surface area contributed by atoms with Crippen molar-refractivity contribution in [3.05, 3.63) is 29.2 Å². The molecule has 4 nitrogen and oxygen atoms in total. The van der Waals surface area contributed by atoms with E-state index in [0.29, 0.717) is 11.5 Å². The van der Waals surface area contributed by atoms with Crippen LogP contribution in [0.1, 0.15) is 18.4 Å². The fourth-order valence-corrected chi connectivity index (χ4v) is 3.85. The predicted octanol–water partition coefficient (Wildman–Crippen LogP) is 3.26. The van der Waals surface area contributed by atoms with E-state index in [1.54, 1.807) is 12.1 Å². The molecule has 0 spiro atoms. The fourth-order valence-electron chi connectivity index (χ4n) is 2.60. The molecule has 0 bridgehead atoms. The van der Waals surface area contributed by atoms with Gasteiger partial charge in [0.25, 0.3) is 0 Å². The number of benzene rings is 1. The molecule has 2 aliphatic heterocycles. The highest BCUT2D eigenvalue weighted by molar-refractivity contribution is 8.27. The quantitative estimate of drug-likeness (QED) is 0.889. The van der Waals surface area contributed by atoms with Crippen molar-refractivity contribution in [1.29, 1.82) is 0 Å². The number of nitrogens with zero attached hydrogens (tertiary/aromatic N) is 1. The van der Waals surface area contributed by atoms with Gasteiger partial charge in [0.1, 0.15) is 12.4 Å². The van der Waals surface area contributed by atoms with Gasteiger partial charge in [-0.1, -0.05) is 6.07 Å². The topological polar surface area (TPSA) is 52.9 Å². The highest BCUT2D eigenvalue weighted by Gasteiger charge is 2.24. The van der Waals surface area contributed by atoms with Crippen LogP contribution >= 0.6 is 10.6 Å². The summed E-state index contributed by atoms with van der Waals surface area (Å²) in [6.45, 7) is 3.90. The molecule has 2 heterocycles. The molecule has 1 saturated heterocycles. The van der Waals surface area contributed by atoms with Crippen molar-refractivity contribution in [1.82, 2.24) is 4.90 Å². The van der Waals surface area contributed by atoms with Crippen molar-refractivity contribution in [2.75, 3.05) is 26.2 Å². The minimum atomic E-state index is -2.74. The molecule has 0 atom stereocenters. The molecule has 0 amide bonds. The summed E-state index contributed by atoms with van der Waals surface area (Å²) in [5.41, 5.74) is 0.809. The summed E-state index contributed by atoms with van der Waals surface area (Å²) in [4.78, 5) is 2.97. The Balaban J connectivity index is 1.66. The van der Waals surface area contributed by atoms with Crippen molar-refractivity contribution in [2.45, 2.75) is 17.7 Å². The van der Waals surface area contributed by atoms with E-state index < -0.39 is 10.6 Å². The second kappa shape index (κ2) is 5.17. The van der Waals surface area contributed by atoms with Crippen LogP contribution < -0.4 is 4.74 Å². The monoisotopic (exact) mass is 281 g/mol. The van der Waals surface area contributed by atoms with Gasteiger partial charge in [-0.3, -0.25) is 14.0 Å². The molecule has 5 heteroatoms. The molecule has 2 aliphatic rings. The Morgan fingerprint density at radius 2 is 2.00 bits per heavy atom. The van der Waals surface area contributed by atoms with E-state index in [0.717, 1.165) is 30.9 Å². The number of rotatable bonds is 4. The average molecular weight is 281 g/mol.